The van der Waals surface area contributed by atoms with Crippen LogP contribution in [0.3, 0.4) is 0 Å². The lowest BCUT2D eigenvalue weighted by atomic mass is 10.1. The Bertz CT molecular complexity index is 421. The van der Waals surface area contributed by atoms with E-state index in [-0.39, 0.29) is 0 Å². The maximum Gasteiger partial charge on any atom is 0.415 e. The number of carbonyl (C=O) groups excluding carboxylic acids is 1. The molecule has 0 bridgehead atoms. The van der Waals surface area contributed by atoms with Gasteiger partial charge in [-0.3, -0.25) is 0 Å². The molecule has 1 amide bonds. The van der Waals surface area contributed by atoms with Crippen molar-refractivity contribution >= 4 is 6.09 Å². The lowest BCUT2D eigenvalue weighted by Crippen LogP contribution is -2.40. The number of rotatable bonds is 3. The third kappa shape index (κ3) is 2.70. The van der Waals surface area contributed by atoms with Gasteiger partial charge in [0, 0.05) is 6.54 Å². The number of alkyl halides is 1. The Morgan fingerprint density at radius 1 is 1.50 bits per heavy atom. The molecule has 2 atom stereocenters. The first kappa shape index (κ1) is 12.6. The smallest absolute Gasteiger partial charge is 0.410 e. The number of nitrogens with zero attached hydrogens (tertiary/aromatic N) is 1. The molecule has 0 N–H and O–H groups in total. The van der Waals surface area contributed by atoms with Crippen molar-refractivity contribution < 1.29 is 13.9 Å². The maximum absolute atomic E-state index is 13.6. The van der Waals surface area contributed by atoms with E-state index in [0.29, 0.717) is 25.1 Å². The quantitative estimate of drug-likeness (QED) is 0.770. The van der Waals surface area contributed by atoms with Crippen LogP contribution in [0.1, 0.15) is 12.8 Å². The average Bonchev–Trinajstić information content (AvgIpc) is 2.73. The summed E-state index contributed by atoms with van der Waals surface area (Å²) in [5.41, 5.74) is 0. The van der Waals surface area contributed by atoms with Crippen LogP contribution in [0.2, 0.25) is 0 Å². The molecule has 0 aliphatic carbocycles. The molecule has 1 fully saturated rings. The topological polar surface area (TPSA) is 29.5 Å². The zero-order valence-corrected chi connectivity index (χ0v) is 10.1. The van der Waals surface area contributed by atoms with Gasteiger partial charge in [-0.1, -0.05) is 24.3 Å². The van der Waals surface area contributed by atoms with Gasteiger partial charge in [0.2, 0.25) is 0 Å². The molecule has 0 spiro atoms. The van der Waals surface area contributed by atoms with E-state index in [1.165, 1.54) is 4.90 Å². The molecule has 0 radical (unpaired) electrons. The molecule has 1 aromatic rings. The number of para-hydroxylation sites is 1. The summed E-state index contributed by atoms with van der Waals surface area (Å²) in [5, 5.41) is 0. The van der Waals surface area contributed by atoms with Crippen LogP contribution in [0, 0.1) is 0 Å². The zero-order chi connectivity index (χ0) is 13.0. The highest BCUT2D eigenvalue weighted by Gasteiger charge is 2.37. The molecule has 1 aliphatic heterocycles. The summed E-state index contributed by atoms with van der Waals surface area (Å²) in [4.78, 5) is 13.4. The van der Waals surface area contributed by atoms with Crippen molar-refractivity contribution in [3.05, 3.63) is 43.0 Å². The Morgan fingerprint density at radius 3 is 2.89 bits per heavy atom. The van der Waals surface area contributed by atoms with E-state index in [2.05, 4.69) is 6.58 Å². The zero-order valence-electron chi connectivity index (χ0n) is 10.1. The average molecular weight is 249 g/mol. The fraction of sp³-hybridized carbons (Fsp3) is 0.357. The van der Waals surface area contributed by atoms with Crippen molar-refractivity contribution in [3.63, 3.8) is 0 Å². The van der Waals surface area contributed by atoms with Crippen LogP contribution in [0.25, 0.3) is 0 Å². The highest BCUT2D eigenvalue weighted by atomic mass is 19.1. The van der Waals surface area contributed by atoms with Crippen LogP contribution in [-0.2, 0) is 0 Å². The third-order valence-corrected chi connectivity index (χ3v) is 3.05. The predicted octanol–water partition coefficient (Wildman–Crippen LogP) is 3.17. The van der Waals surface area contributed by atoms with Gasteiger partial charge < -0.3 is 9.64 Å². The highest BCUT2D eigenvalue weighted by Crippen LogP contribution is 2.25. The minimum absolute atomic E-state index is 0.363. The van der Waals surface area contributed by atoms with E-state index in [1.807, 2.05) is 6.07 Å². The van der Waals surface area contributed by atoms with Gasteiger partial charge in [0.25, 0.3) is 0 Å². The van der Waals surface area contributed by atoms with Crippen LogP contribution in [0.15, 0.2) is 43.0 Å². The molecule has 1 aliphatic rings. The van der Waals surface area contributed by atoms with Gasteiger partial charge in [0.1, 0.15) is 11.9 Å². The first-order valence-corrected chi connectivity index (χ1v) is 6.01. The summed E-state index contributed by atoms with van der Waals surface area (Å²) < 4.78 is 18.8. The standard InChI is InChI=1S/C14H16FNO2/c1-2-6-13-12(15)9-10-16(13)14(17)18-11-7-4-3-5-8-11/h2-5,7-8,12-13H,1,6,9-10H2. The Morgan fingerprint density at radius 2 is 2.22 bits per heavy atom. The molecule has 0 aromatic heterocycles. The van der Waals surface area contributed by atoms with Crippen molar-refractivity contribution in [2.45, 2.75) is 25.1 Å². The molecule has 1 heterocycles. The summed E-state index contributed by atoms with van der Waals surface area (Å²) >= 11 is 0. The van der Waals surface area contributed by atoms with Gasteiger partial charge in [-0.2, -0.15) is 0 Å². The molecule has 3 nitrogen and oxygen atoms in total. The summed E-state index contributed by atoms with van der Waals surface area (Å²) in [5.74, 6) is 0.474. The number of ether oxygens (including phenoxy) is 1. The second kappa shape index (κ2) is 5.67. The van der Waals surface area contributed by atoms with Crippen LogP contribution in [0.4, 0.5) is 9.18 Å². The van der Waals surface area contributed by atoms with Gasteiger partial charge in [-0.25, -0.2) is 9.18 Å². The van der Waals surface area contributed by atoms with Gasteiger partial charge in [-0.05, 0) is 25.0 Å². The van der Waals surface area contributed by atoms with Crippen LogP contribution in [0.5, 0.6) is 5.75 Å². The fourth-order valence-corrected chi connectivity index (χ4v) is 2.14. The number of hydrogen-bond acceptors (Lipinski definition) is 2. The Hall–Kier alpha value is -1.84. The molecule has 96 valence electrons. The molecule has 18 heavy (non-hydrogen) atoms. The van der Waals surface area contributed by atoms with Crippen molar-refractivity contribution in [2.75, 3.05) is 6.54 Å². The molecule has 2 rings (SSSR count). The second-order valence-corrected chi connectivity index (χ2v) is 4.27. The summed E-state index contributed by atoms with van der Waals surface area (Å²) in [6, 6.07) is 8.36. The predicted molar refractivity (Wildman–Crippen MR) is 67.3 cm³/mol. The lowest BCUT2D eigenvalue weighted by molar-refractivity contribution is 0.136. The monoisotopic (exact) mass is 249 g/mol. The maximum atomic E-state index is 13.6. The molecule has 2 unspecified atom stereocenters. The van der Waals surface area contributed by atoms with E-state index in [0.717, 1.165) is 0 Å². The highest BCUT2D eigenvalue weighted by molar-refractivity contribution is 5.71. The van der Waals surface area contributed by atoms with Crippen molar-refractivity contribution in [2.24, 2.45) is 0 Å². The van der Waals surface area contributed by atoms with Gasteiger partial charge in [0.15, 0.2) is 0 Å². The van der Waals surface area contributed by atoms with Gasteiger partial charge in [0.05, 0.1) is 6.04 Å². The molecular weight excluding hydrogens is 233 g/mol. The number of hydrogen-bond donors (Lipinski definition) is 0. The lowest BCUT2D eigenvalue weighted by Gasteiger charge is -2.23. The fourth-order valence-electron chi connectivity index (χ4n) is 2.14. The minimum Gasteiger partial charge on any atom is -0.410 e. The van der Waals surface area contributed by atoms with Crippen molar-refractivity contribution in [1.29, 1.82) is 0 Å². The Balaban J connectivity index is 2.02. The number of likely N-dealkylation sites (tertiary alicyclic amines) is 1. The van der Waals surface area contributed by atoms with Gasteiger partial charge >= 0.3 is 6.09 Å². The summed E-state index contributed by atoms with van der Waals surface area (Å²) in [7, 11) is 0. The normalized spacial score (nSPS) is 22.8. The summed E-state index contributed by atoms with van der Waals surface area (Å²) in [6.07, 6.45) is 0.957. The molecular formula is C14H16FNO2. The molecule has 0 saturated carbocycles. The van der Waals surface area contributed by atoms with E-state index >= 15 is 0 Å². The number of amides is 1. The second-order valence-electron chi connectivity index (χ2n) is 4.27. The minimum atomic E-state index is -0.994. The summed E-state index contributed by atoms with van der Waals surface area (Å²) in [6.45, 7) is 3.99. The van der Waals surface area contributed by atoms with Crippen LogP contribution in [-0.4, -0.2) is 29.8 Å². The van der Waals surface area contributed by atoms with E-state index in [1.54, 1.807) is 30.3 Å². The number of carbonyl (C=O) groups is 1. The Labute approximate surface area is 106 Å². The van der Waals surface area contributed by atoms with Crippen molar-refractivity contribution in [3.8, 4) is 5.75 Å². The number of halogens is 1. The van der Waals surface area contributed by atoms with E-state index in [4.69, 9.17) is 4.74 Å². The number of benzene rings is 1. The van der Waals surface area contributed by atoms with Crippen molar-refractivity contribution in [1.82, 2.24) is 4.90 Å². The first-order valence-electron chi connectivity index (χ1n) is 6.01. The largest absolute Gasteiger partial charge is 0.415 e. The first-order chi connectivity index (χ1) is 8.72. The molecule has 4 heteroatoms. The van der Waals surface area contributed by atoms with Gasteiger partial charge in [-0.15, -0.1) is 6.58 Å². The SMILES string of the molecule is C=CCC1C(F)CCN1C(=O)Oc1ccccc1. The Kier molecular flexibility index (Phi) is 3.97. The molecule has 1 aromatic carbocycles. The third-order valence-electron chi connectivity index (χ3n) is 3.05. The van der Waals surface area contributed by atoms with E-state index in [9.17, 15) is 9.18 Å². The van der Waals surface area contributed by atoms with Crippen LogP contribution < -0.4 is 4.74 Å². The van der Waals surface area contributed by atoms with E-state index < -0.39 is 18.3 Å². The van der Waals surface area contributed by atoms with Crippen LogP contribution >= 0.6 is 0 Å². The molecule has 1 saturated heterocycles.